The quantitative estimate of drug-likeness (QED) is 0.437. The maximum absolute atomic E-state index is 5.18. The second-order valence-corrected chi connectivity index (χ2v) is 11.3. The summed E-state index contributed by atoms with van der Waals surface area (Å²) >= 11 is 5.51. The smallest absolute Gasteiger partial charge is 0.163 e. The third kappa shape index (κ3) is 4.38. The summed E-state index contributed by atoms with van der Waals surface area (Å²) in [5.74, 6) is 1.97. The number of fused-ring (bicyclic) bond motifs is 3. The fourth-order valence-corrected chi connectivity index (χ4v) is 6.78. The molecule has 0 radical (unpaired) electrons. The molecule has 0 saturated carbocycles. The molecule has 5 nitrogen and oxygen atoms in total. The summed E-state index contributed by atoms with van der Waals surface area (Å²) in [4.78, 5) is 22.2. The van der Waals surface area contributed by atoms with Crippen LogP contribution < -0.4 is 4.90 Å². The maximum atomic E-state index is 5.18. The Hall–Kier alpha value is -2.09. The van der Waals surface area contributed by atoms with Crippen LogP contribution in [0.4, 0.5) is 5.82 Å². The van der Waals surface area contributed by atoms with Gasteiger partial charge in [-0.05, 0) is 60.7 Å². The topological polar surface area (TPSA) is 45.2 Å². The molecule has 1 saturated heterocycles. The van der Waals surface area contributed by atoms with E-state index in [1.165, 1.54) is 46.0 Å². The van der Waals surface area contributed by atoms with E-state index in [0.717, 1.165) is 67.6 Å². The minimum absolute atomic E-state index is 0.825. The van der Waals surface area contributed by atoms with Crippen LogP contribution in [-0.4, -0.2) is 52.6 Å². The second-order valence-electron chi connectivity index (χ2n) is 9.20. The first kappa shape index (κ1) is 21.4. The van der Waals surface area contributed by atoms with Gasteiger partial charge in [0, 0.05) is 55.6 Å². The van der Waals surface area contributed by atoms with Gasteiger partial charge in [-0.3, -0.25) is 9.88 Å². The summed E-state index contributed by atoms with van der Waals surface area (Å²) < 4.78 is 1.31. The van der Waals surface area contributed by atoms with Crippen molar-refractivity contribution in [2.75, 3.05) is 37.6 Å². The standard InChI is InChI=1S/C26H28BrN5S/c27-20-7-5-18(6-8-20)17-31-13-15-32(16-14-31)25-23-21-3-1-2-4-22(21)33-26(23)30-24(29-25)19-9-11-28-12-10-19/h5,7,9-12H,1-4,6,8,13-17H2. The third-order valence-electron chi connectivity index (χ3n) is 7.02. The van der Waals surface area contributed by atoms with Crippen LogP contribution in [0.2, 0.25) is 0 Å². The Labute approximate surface area is 207 Å². The molecule has 0 atom stereocenters. The third-order valence-corrected chi connectivity index (χ3v) is 8.86. The molecule has 4 heterocycles. The SMILES string of the molecule is BrC1=CC=C(CN2CCN(c3nc(-c4ccncc4)nc4sc5c(c34)CCCC5)CC2)CC1. The summed E-state index contributed by atoms with van der Waals surface area (Å²) in [6, 6.07) is 4.03. The molecular weight excluding hydrogens is 494 g/mol. The number of thiophene rings is 1. The maximum Gasteiger partial charge on any atom is 0.163 e. The predicted octanol–water partition coefficient (Wildman–Crippen LogP) is 5.75. The van der Waals surface area contributed by atoms with Gasteiger partial charge in [0.15, 0.2) is 5.82 Å². The van der Waals surface area contributed by atoms with Gasteiger partial charge in [-0.1, -0.05) is 33.7 Å². The number of halogens is 1. The second kappa shape index (κ2) is 9.28. The number of hydrogen-bond donors (Lipinski definition) is 0. The molecule has 170 valence electrons. The van der Waals surface area contributed by atoms with Crippen molar-refractivity contribution in [1.82, 2.24) is 19.9 Å². The number of aromatic nitrogens is 3. The lowest BCUT2D eigenvalue weighted by atomic mass is 9.96. The Morgan fingerprint density at radius 1 is 0.909 bits per heavy atom. The number of aryl methyl sites for hydroxylation is 2. The highest BCUT2D eigenvalue weighted by Gasteiger charge is 2.26. The van der Waals surface area contributed by atoms with Gasteiger partial charge in [-0.25, -0.2) is 9.97 Å². The molecule has 3 aromatic rings. The molecule has 0 aromatic carbocycles. The van der Waals surface area contributed by atoms with E-state index >= 15 is 0 Å². The zero-order valence-electron chi connectivity index (χ0n) is 18.8. The largest absolute Gasteiger partial charge is 0.353 e. The summed E-state index contributed by atoms with van der Waals surface area (Å²) in [7, 11) is 0. The lowest BCUT2D eigenvalue weighted by Gasteiger charge is -2.36. The van der Waals surface area contributed by atoms with Gasteiger partial charge >= 0.3 is 0 Å². The number of pyridine rings is 1. The van der Waals surface area contributed by atoms with Crippen molar-refractivity contribution in [3.8, 4) is 11.4 Å². The molecular formula is C26H28BrN5S. The van der Waals surface area contributed by atoms with Gasteiger partial charge in [-0.15, -0.1) is 11.3 Å². The molecule has 0 spiro atoms. The van der Waals surface area contributed by atoms with Crippen molar-refractivity contribution >= 4 is 43.3 Å². The fourth-order valence-electron chi connectivity index (χ4n) is 5.19. The first-order valence-corrected chi connectivity index (χ1v) is 13.6. The zero-order chi connectivity index (χ0) is 22.2. The van der Waals surface area contributed by atoms with Crippen molar-refractivity contribution in [3.05, 3.63) is 57.2 Å². The van der Waals surface area contributed by atoms with Crippen LogP contribution in [0.25, 0.3) is 21.6 Å². The number of piperazine rings is 1. The van der Waals surface area contributed by atoms with E-state index in [1.807, 2.05) is 35.9 Å². The van der Waals surface area contributed by atoms with Crippen molar-refractivity contribution in [1.29, 1.82) is 0 Å². The molecule has 3 aliphatic rings. The van der Waals surface area contributed by atoms with E-state index < -0.39 is 0 Å². The monoisotopic (exact) mass is 521 g/mol. The van der Waals surface area contributed by atoms with Gasteiger partial charge in [-0.2, -0.15) is 0 Å². The number of anilines is 1. The molecule has 1 fully saturated rings. The van der Waals surface area contributed by atoms with Crippen molar-refractivity contribution in [3.63, 3.8) is 0 Å². The Kier molecular flexibility index (Phi) is 6.03. The van der Waals surface area contributed by atoms with Crippen LogP contribution in [-0.2, 0) is 12.8 Å². The van der Waals surface area contributed by atoms with Gasteiger partial charge < -0.3 is 4.90 Å². The molecule has 1 aliphatic heterocycles. The van der Waals surface area contributed by atoms with Gasteiger partial charge in [0.2, 0.25) is 0 Å². The van der Waals surface area contributed by atoms with Crippen LogP contribution >= 0.6 is 27.3 Å². The van der Waals surface area contributed by atoms with Crippen LogP contribution in [0.5, 0.6) is 0 Å². The Balaban J connectivity index is 1.30. The van der Waals surface area contributed by atoms with Crippen molar-refractivity contribution < 1.29 is 0 Å². The highest BCUT2D eigenvalue weighted by molar-refractivity contribution is 9.11. The minimum atomic E-state index is 0.825. The molecule has 0 bridgehead atoms. The molecule has 33 heavy (non-hydrogen) atoms. The molecule has 0 unspecified atom stereocenters. The summed E-state index contributed by atoms with van der Waals surface area (Å²) in [6.45, 7) is 5.26. The lowest BCUT2D eigenvalue weighted by molar-refractivity contribution is 0.275. The molecule has 0 N–H and O–H groups in total. The normalized spacial score (nSPS) is 19.4. The molecule has 7 heteroatoms. The number of rotatable bonds is 4. The van der Waals surface area contributed by atoms with Gasteiger partial charge in [0.1, 0.15) is 10.6 Å². The van der Waals surface area contributed by atoms with Crippen LogP contribution in [0.15, 0.2) is 46.7 Å². The summed E-state index contributed by atoms with van der Waals surface area (Å²) in [6.07, 6.45) is 15.4. The fraction of sp³-hybridized carbons (Fsp3) is 0.423. The predicted molar refractivity (Wildman–Crippen MR) is 140 cm³/mol. The molecule has 2 aliphatic carbocycles. The summed E-state index contributed by atoms with van der Waals surface area (Å²) in [5, 5.41) is 1.32. The van der Waals surface area contributed by atoms with E-state index in [4.69, 9.17) is 9.97 Å². The van der Waals surface area contributed by atoms with E-state index in [-0.39, 0.29) is 0 Å². The van der Waals surface area contributed by atoms with Crippen LogP contribution in [0, 0.1) is 0 Å². The molecule has 6 rings (SSSR count). The Morgan fingerprint density at radius 2 is 1.73 bits per heavy atom. The Bertz CT molecular complexity index is 1220. The first-order valence-electron chi connectivity index (χ1n) is 12.0. The van der Waals surface area contributed by atoms with Crippen LogP contribution in [0.3, 0.4) is 0 Å². The number of nitrogens with zero attached hydrogens (tertiary/aromatic N) is 5. The highest BCUT2D eigenvalue weighted by atomic mass is 79.9. The summed E-state index contributed by atoms with van der Waals surface area (Å²) in [5.41, 5.74) is 4.11. The Morgan fingerprint density at radius 3 is 2.52 bits per heavy atom. The van der Waals surface area contributed by atoms with E-state index in [9.17, 15) is 0 Å². The molecule has 0 amide bonds. The number of hydrogen-bond acceptors (Lipinski definition) is 6. The number of allylic oxidation sites excluding steroid dienone is 3. The minimum Gasteiger partial charge on any atom is -0.353 e. The first-order chi connectivity index (χ1) is 16.2. The van der Waals surface area contributed by atoms with Gasteiger partial charge in [0.05, 0.1) is 5.39 Å². The average Bonchev–Trinajstić information content (AvgIpc) is 3.25. The lowest BCUT2D eigenvalue weighted by Crippen LogP contribution is -2.47. The zero-order valence-corrected chi connectivity index (χ0v) is 21.2. The van der Waals surface area contributed by atoms with E-state index in [0.29, 0.717) is 0 Å². The van der Waals surface area contributed by atoms with Crippen LogP contribution in [0.1, 0.15) is 36.1 Å². The highest BCUT2D eigenvalue weighted by Crippen LogP contribution is 2.41. The van der Waals surface area contributed by atoms with Gasteiger partial charge in [0.25, 0.3) is 0 Å². The molecule has 3 aromatic heterocycles. The van der Waals surface area contributed by atoms with E-state index in [2.05, 4.69) is 42.9 Å². The average molecular weight is 523 g/mol. The van der Waals surface area contributed by atoms with Crippen molar-refractivity contribution in [2.24, 2.45) is 0 Å². The van der Waals surface area contributed by atoms with E-state index in [1.54, 1.807) is 5.57 Å². The van der Waals surface area contributed by atoms with Crippen molar-refractivity contribution in [2.45, 2.75) is 38.5 Å².